The first-order valence-electron chi connectivity index (χ1n) is 12.8. The highest BCUT2D eigenvalue weighted by atomic mass is 32.2. The monoisotopic (exact) mass is 579 g/mol. The molecule has 5 rings (SSSR count). The molecule has 6 nitrogen and oxygen atoms in total. The molecular weight excluding hydrogens is 547 g/mol. The van der Waals surface area contributed by atoms with Crippen molar-refractivity contribution in [2.75, 3.05) is 24.9 Å². The first-order valence-corrected chi connectivity index (χ1v) is 15.2. The Hall–Kier alpha value is -2.63. The zero-order valence-corrected chi connectivity index (χ0v) is 23.9. The molecule has 2 aliphatic rings. The Balaban J connectivity index is 1.63. The Labute approximate surface area is 231 Å². The quantitative estimate of drug-likeness (QED) is 0.367. The highest BCUT2D eigenvalue weighted by Gasteiger charge is 2.46. The van der Waals surface area contributed by atoms with E-state index in [1.165, 1.54) is 35.7 Å². The van der Waals surface area contributed by atoms with Gasteiger partial charge < -0.3 is 9.64 Å². The summed E-state index contributed by atoms with van der Waals surface area (Å²) < 4.78 is 76.4. The minimum Gasteiger partial charge on any atom is -0.487 e. The van der Waals surface area contributed by atoms with Gasteiger partial charge in [0, 0.05) is 35.0 Å². The first-order chi connectivity index (χ1) is 18.2. The van der Waals surface area contributed by atoms with Crippen molar-refractivity contribution in [2.45, 2.75) is 68.0 Å². The van der Waals surface area contributed by atoms with Crippen LogP contribution < -0.4 is 9.46 Å². The molecule has 1 aromatic heterocycles. The van der Waals surface area contributed by atoms with Crippen LogP contribution in [0.4, 0.5) is 18.3 Å². The van der Waals surface area contributed by atoms with E-state index in [0.717, 1.165) is 43.1 Å². The van der Waals surface area contributed by atoms with E-state index in [9.17, 15) is 21.6 Å². The topological polar surface area (TPSA) is 71.5 Å². The number of hydrogen-bond acceptors (Lipinski definition) is 6. The first kappa shape index (κ1) is 27.9. The van der Waals surface area contributed by atoms with Crippen molar-refractivity contribution in [1.82, 2.24) is 9.88 Å². The van der Waals surface area contributed by atoms with Gasteiger partial charge in [-0.1, -0.05) is 19.1 Å². The van der Waals surface area contributed by atoms with Gasteiger partial charge in [-0.3, -0.25) is 4.72 Å². The van der Waals surface area contributed by atoms with Gasteiger partial charge in [0.2, 0.25) is 0 Å². The van der Waals surface area contributed by atoms with Gasteiger partial charge >= 0.3 is 6.18 Å². The smallest absolute Gasteiger partial charge is 0.416 e. The summed E-state index contributed by atoms with van der Waals surface area (Å²) in [5.41, 5.74) is 0.254. The Bertz CT molecular complexity index is 1460. The van der Waals surface area contributed by atoms with Gasteiger partial charge in [0.1, 0.15) is 11.4 Å². The molecule has 1 atom stereocenters. The molecule has 0 radical (unpaired) electrons. The Morgan fingerprint density at radius 1 is 1.08 bits per heavy atom. The number of nitrogens with zero attached hydrogens (tertiary/aromatic N) is 2. The lowest BCUT2D eigenvalue weighted by Gasteiger charge is -2.46. The Kier molecular flexibility index (Phi) is 7.00. The maximum Gasteiger partial charge on any atom is 0.416 e. The summed E-state index contributed by atoms with van der Waals surface area (Å²) in [5, 5.41) is 1.93. The van der Waals surface area contributed by atoms with E-state index < -0.39 is 32.8 Å². The number of ether oxygens (including phenoxy) is 1. The molecule has 1 saturated heterocycles. The lowest BCUT2D eigenvalue weighted by atomic mass is 9.65. The molecule has 11 heteroatoms. The van der Waals surface area contributed by atoms with Crippen LogP contribution in [0.5, 0.6) is 5.75 Å². The number of fused-ring (bicyclic) bond motifs is 1. The number of rotatable bonds is 5. The summed E-state index contributed by atoms with van der Waals surface area (Å²) in [4.78, 5) is 6.22. The highest BCUT2D eigenvalue weighted by molar-refractivity contribution is 7.93. The average Bonchev–Trinajstić information content (AvgIpc) is 3.35. The van der Waals surface area contributed by atoms with Crippen LogP contribution >= 0.6 is 11.3 Å². The van der Waals surface area contributed by atoms with Crippen LogP contribution in [0.3, 0.4) is 0 Å². The van der Waals surface area contributed by atoms with Crippen LogP contribution in [-0.4, -0.2) is 44.0 Å². The van der Waals surface area contributed by atoms with Crippen molar-refractivity contribution in [1.29, 1.82) is 0 Å². The van der Waals surface area contributed by atoms with Crippen molar-refractivity contribution in [3.8, 4) is 5.75 Å². The molecule has 0 bridgehead atoms. The predicted molar refractivity (Wildman–Crippen MR) is 146 cm³/mol. The van der Waals surface area contributed by atoms with E-state index in [1.54, 1.807) is 17.5 Å². The third-order valence-electron chi connectivity index (χ3n) is 7.81. The summed E-state index contributed by atoms with van der Waals surface area (Å²) in [5.74, 6) is 0.400. The molecule has 1 N–H and O–H groups in total. The predicted octanol–water partition coefficient (Wildman–Crippen LogP) is 6.64. The molecule has 2 aliphatic heterocycles. The molecule has 0 spiro atoms. The number of halogens is 3. The second-order valence-electron chi connectivity index (χ2n) is 11.3. The molecule has 0 aliphatic carbocycles. The number of anilines is 1. The number of piperidine rings is 1. The van der Waals surface area contributed by atoms with Crippen LogP contribution in [0.2, 0.25) is 0 Å². The number of alkyl halides is 3. The van der Waals surface area contributed by atoms with E-state index in [2.05, 4.69) is 14.6 Å². The van der Waals surface area contributed by atoms with E-state index in [1.807, 2.05) is 27.8 Å². The molecule has 1 fully saturated rings. The van der Waals surface area contributed by atoms with Gasteiger partial charge in [0.25, 0.3) is 10.0 Å². The summed E-state index contributed by atoms with van der Waals surface area (Å²) in [6.45, 7) is 7.50. The summed E-state index contributed by atoms with van der Waals surface area (Å²) in [6.07, 6.45) is -0.874. The van der Waals surface area contributed by atoms with E-state index in [0.29, 0.717) is 17.7 Å². The molecule has 0 amide bonds. The molecule has 3 heterocycles. The van der Waals surface area contributed by atoms with Gasteiger partial charge in [-0.25, -0.2) is 13.4 Å². The van der Waals surface area contributed by atoms with E-state index >= 15 is 0 Å². The van der Waals surface area contributed by atoms with Crippen LogP contribution in [0.25, 0.3) is 0 Å². The molecule has 39 heavy (non-hydrogen) atoms. The van der Waals surface area contributed by atoms with Gasteiger partial charge in [-0.15, -0.1) is 11.3 Å². The third kappa shape index (κ3) is 5.53. The lowest BCUT2D eigenvalue weighted by Crippen LogP contribution is -2.44. The zero-order chi connectivity index (χ0) is 28.2. The lowest BCUT2D eigenvalue weighted by molar-refractivity contribution is -0.137. The van der Waals surface area contributed by atoms with Crippen molar-refractivity contribution >= 4 is 26.5 Å². The summed E-state index contributed by atoms with van der Waals surface area (Å²) in [7, 11) is -1.90. The molecule has 210 valence electrons. The number of hydrogen-bond donors (Lipinski definition) is 1. The number of benzene rings is 2. The van der Waals surface area contributed by atoms with E-state index in [-0.39, 0.29) is 15.9 Å². The Morgan fingerprint density at radius 2 is 1.77 bits per heavy atom. The number of thiazole rings is 1. The number of nitrogens with one attached hydrogen (secondary N) is 1. The largest absolute Gasteiger partial charge is 0.487 e. The molecule has 0 saturated carbocycles. The SMILES string of the molecule is CN1CCC(c2cc(C(F)(F)F)ccc2[C@]2(C)CC(C)(C)Oc3cc(S(=O)(=O)Nc4nccs4)ccc32)CC1. The Morgan fingerprint density at radius 3 is 2.41 bits per heavy atom. The molecule has 0 unspecified atom stereocenters. The third-order valence-corrected chi connectivity index (χ3v) is 9.96. The highest BCUT2D eigenvalue weighted by Crippen LogP contribution is 2.52. The van der Waals surface area contributed by atoms with E-state index in [4.69, 9.17) is 4.74 Å². The number of sulfonamides is 1. The average molecular weight is 580 g/mol. The molecule has 3 aromatic rings. The van der Waals surface area contributed by atoms with Crippen LogP contribution in [0.1, 0.15) is 68.2 Å². The standard InChI is InChI=1S/C28H32F3N3O3S2/c1-26(2)17-27(3,22-7-5-19(28(29,30)31)15-21(22)18-9-12-34(4)13-10-18)23-8-6-20(16-24(23)37-26)39(35,36)33-25-32-11-14-38-25/h5-8,11,14-16,18H,9-10,12-13,17H2,1-4H3,(H,32,33)/t27-/m0/s1. The second kappa shape index (κ2) is 9.78. The van der Waals surface area contributed by atoms with Gasteiger partial charge in [0.15, 0.2) is 5.13 Å². The van der Waals surface area contributed by atoms with Crippen molar-refractivity contribution in [3.05, 3.63) is 70.2 Å². The minimum atomic E-state index is -4.44. The van der Waals surface area contributed by atoms with Gasteiger partial charge in [-0.2, -0.15) is 13.2 Å². The van der Waals surface area contributed by atoms with Crippen LogP contribution in [0, 0.1) is 0 Å². The number of aromatic nitrogens is 1. The van der Waals surface area contributed by atoms with Crippen molar-refractivity contribution in [3.63, 3.8) is 0 Å². The molecule has 2 aromatic carbocycles. The van der Waals surface area contributed by atoms with Crippen molar-refractivity contribution in [2.24, 2.45) is 0 Å². The second-order valence-corrected chi connectivity index (χ2v) is 13.9. The molecular formula is C28H32F3N3O3S2. The fourth-order valence-corrected chi connectivity index (χ4v) is 7.88. The fraction of sp³-hybridized carbons (Fsp3) is 0.464. The van der Waals surface area contributed by atoms with Crippen LogP contribution in [-0.2, 0) is 21.6 Å². The summed E-state index contributed by atoms with van der Waals surface area (Å²) >= 11 is 1.17. The number of likely N-dealkylation sites (tertiary alicyclic amines) is 1. The zero-order valence-electron chi connectivity index (χ0n) is 22.3. The fourth-order valence-electron chi connectivity index (χ4n) is 6.08. The minimum absolute atomic E-state index is 0.00752. The maximum atomic E-state index is 13.8. The normalized spacial score (nSPS) is 22.2. The summed E-state index contributed by atoms with van der Waals surface area (Å²) in [6, 6.07) is 8.87. The maximum absolute atomic E-state index is 13.8. The van der Waals surface area contributed by atoms with Gasteiger partial charge in [-0.05, 0) is 82.1 Å². The van der Waals surface area contributed by atoms with Crippen molar-refractivity contribution < 1.29 is 26.3 Å². The van der Waals surface area contributed by atoms with Crippen LogP contribution in [0.15, 0.2) is 52.9 Å². The van der Waals surface area contributed by atoms with Gasteiger partial charge in [0.05, 0.1) is 10.5 Å².